The van der Waals surface area contributed by atoms with E-state index in [1.165, 1.54) is 19.3 Å². The van der Waals surface area contributed by atoms with Gasteiger partial charge in [0, 0.05) is 0 Å². The highest BCUT2D eigenvalue weighted by molar-refractivity contribution is 5.49. The van der Waals surface area contributed by atoms with Gasteiger partial charge >= 0.3 is 0 Å². The van der Waals surface area contributed by atoms with Crippen molar-refractivity contribution in [1.29, 1.82) is 0 Å². The molecule has 0 aromatic heterocycles. The van der Waals surface area contributed by atoms with Crippen molar-refractivity contribution in [2.75, 3.05) is 0 Å². The predicted octanol–water partition coefficient (Wildman–Crippen LogP) is 3.00. The Labute approximate surface area is 109 Å². The van der Waals surface area contributed by atoms with Gasteiger partial charge in [-0.1, -0.05) is 61.7 Å². The summed E-state index contributed by atoms with van der Waals surface area (Å²) in [7, 11) is 0. The first-order valence-electron chi connectivity index (χ1n) is 6.87. The van der Waals surface area contributed by atoms with Crippen molar-refractivity contribution >= 4 is 6.08 Å². The van der Waals surface area contributed by atoms with E-state index in [1.807, 2.05) is 36.4 Å². The van der Waals surface area contributed by atoms with Crippen molar-refractivity contribution in [2.24, 2.45) is 5.92 Å². The monoisotopic (exact) mass is 246 g/mol. The van der Waals surface area contributed by atoms with Gasteiger partial charge in [0.15, 0.2) is 0 Å². The number of rotatable bonds is 4. The number of aliphatic hydroxyl groups excluding tert-OH is 2. The van der Waals surface area contributed by atoms with Crippen LogP contribution in [0, 0.1) is 5.92 Å². The highest BCUT2D eigenvalue weighted by Gasteiger charge is 2.25. The number of hydrogen-bond donors (Lipinski definition) is 2. The molecule has 1 saturated carbocycles. The molecule has 0 unspecified atom stereocenters. The highest BCUT2D eigenvalue weighted by Crippen LogP contribution is 2.28. The third kappa shape index (κ3) is 3.69. The molecule has 0 spiro atoms. The van der Waals surface area contributed by atoms with Crippen molar-refractivity contribution < 1.29 is 10.2 Å². The first-order valence-corrected chi connectivity index (χ1v) is 6.87. The van der Waals surface area contributed by atoms with E-state index in [-0.39, 0.29) is 5.92 Å². The minimum absolute atomic E-state index is 0.258. The SMILES string of the molecule is O[C@H](C1CCCCC1)[C@@H](O)/C=C/c1ccccc1. The first kappa shape index (κ1) is 13.3. The molecule has 0 saturated heterocycles. The molecular formula is C16H22O2. The Kier molecular flexibility index (Phi) is 4.97. The first-order chi connectivity index (χ1) is 8.77. The summed E-state index contributed by atoms with van der Waals surface area (Å²) in [4.78, 5) is 0. The van der Waals surface area contributed by atoms with E-state index in [9.17, 15) is 10.2 Å². The van der Waals surface area contributed by atoms with E-state index in [0.717, 1.165) is 18.4 Å². The predicted molar refractivity (Wildman–Crippen MR) is 74.1 cm³/mol. The smallest absolute Gasteiger partial charge is 0.0985 e. The van der Waals surface area contributed by atoms with Crippen LogP contribution in [0.2, 0.25) is 0 Å². The molecular weight excluding hydrogens is 224 g/mol. The van der Waals surface area contributed by atoms with Gasteiger partial charge in [-0.25, -0.2) is 0 Å². The molecule has 2 heteroatoms. The van der Waals surface area contributed by atoms with E-state index in [1.54, 1.807) is 6.08 Å². The second-order valence-corrected chi connectivity index (χ2v) is 5.15. The van der Waals surface area contributed by atoms with Gasteiger partial charge in [0.1, 0.15) is 0 Å². The lowest BCUT2D eigenvalue weighted by Crippen LogP contribution is -2.33. The van der Waals surface area contributed by atoms with Crippen LogP contribution < -0.4 is 0 Å². The van der Waals surface area contributed by atoms with Crippen LogP contribution in [0.4, 0.5) is 0 Å². The third-order valence-corrected chi connectivity index (χ3v) is 3.77. The quantitative estimate of drug-likeness (QED) is 0.857. The summed E-state index contributed by atoms with van der Waals surface area (Å²) in [6, 6.07) is 9.85. The Morgan fingerprint density at radius 3 is 2.33 bits per heavy atom. The molecule has 2 nitrogen and oxygen atoms in total. The molecule has 0 bridgehead atoms. The van der Waals surface area contributed by atoms with Gasteiger partial charge in [0.05, 0.1) is 12.2 Å². The maximum atomic E-state index is 10.1. The molecule has 0 amide bonds. The maximum Gasteiger partial charge on any atom is 0.0985 e. The maximum absolute atomic E-state index is 10.1. The van der Waals surface area contributed by atoms with Gasteiger partial charge in [-0.3, -0.25) is 0 Å². The van der Waals surface area contributed by atoms with Crippen LogP contribution in [-0.2, 0) is 0 Å². The number of hydrogen-bond acceptors (Lipinski definition) is 2. The molecule has 1 fully saturated rings. The van der Waals surface area contributed by atoms with Crippen molar-refractivity contribution in [2.45, 2.75) is 44.3 Å². The van der Waals surface area contributed by atoms with Gasteiger partial charge in [-0.15, -0.1) is 0 Å². The molecule has 0 heterocycles. The Morgan fingerprint density at radius 1 is 1.00 bits per heavy atom. The normalized spacial score (nSPS) is 21.0. The van der Waals surface area contributed by atoms with Gasteiger partial charge in [0.25, 0.3) is 0 Å². The summed E-state index contributed by atoms with van der Waals surface area (Å²) in [5.41, 5.74) is 1.05. The standard InChI is InChI=1S/C16H22O2/c17-15(12-11-13-7-3-1-4-8-13)16(18)14-9-5-2-6-10-14/h1,3-4,7-8,11-12,14-18H,2,5-6,9-10H2/b12-11+/t15-,16+/m0/s1. The molecule has 2 N–H and O–H groups in total. The van der Waals surface area contributed by atoms with E-state index in [2.05, 4.69) is 0 Å². The third-order valence-electron chi connectivity index (χ3n) is 3.77. The van der Waals surface area contributed by atoms with Gasteiger partial charge < -0.3 is 10.2 Å². The zero-order valence-corrected chi connectivity index (χ0v) is 10.7. The second-order valence-electron chi connectivity index (χ2n) is 5.15. The fourth-order valence-electron chi connectivity index (χ4n) is 2.64. The summed E-state index contributed by atoms with van der Waals surface area (Å²) in [5, 5.41) is 20.1. The van der Waals surface area contributed by atoms with Crippen molar-refractivity contribution in [3.05, 3.63) is 42.0 Å². The summed E-state index contributed by atoms with van der Waals surface area (Å²) >= 11 is 0. The molecule has 1 aliphatic carbocycles. The Hall–Kier alpha value is -1.12. The van der Waals surface area contributed by atoms with Crippen molar-refractivity contribution in [1.82, 2.24) is 0 Å². The van der Waals surface area contributed by atoms with Crippen LogP contribution in [0.5, 0.6) is 0 Å². The lowest BCUT2D eigenvalue weighted by molar-refractivity contribution is -0.00337. The summed E-state index contributed by atoms with van der Waals surface area (Å²) in [6.07, 6.45) is 7.89. The summed E-state index contributed by atoms with van der Waals surface area (Å²) in [5.74, 6) is 0.258. The molecule has 1 aliphatic rings. The molecule has 2 rings (SSSR count). The van der Waals surface area contributed by atoms with Crippen LogP contribution in [-0.4, -0.2) is 22.4 Å². The van der Waals surface area contributed by atoms with Crippen LogP contribution in [0.1, 0.15) is 37.7 Å². The number of aliphatic hydroxyl groups is 2. The van der Waals surface area contributed by atoms with Crippen LogP contribution >= 0.6 is 0 Å². The topological polar surface area (TPSA) is 40.5 Å². The Balaban J connectivity index is 1.90. The fourth-order valence-corrected chi connectivity index (χ4v) is 2.64. The Morgan fingerprint density at radius 2 is 1.67 bits per heavy atom. The van der Waals surface area contributed by atoms with Crippen molar-refractivity contribution in [3.8, 4) is 0 Å². The van der Waals surface area contributed by atoms with E-state index in [4.69, 9.17) is 0 Å². The average Bonchev–Trinajstić information content (AvgIpc) is 2.46. The van der Waals surface area contributed by atoms with Gasteiger partial charge in [-0.05, 0) is 24.3 Å². The zero-order chi connectivity index (χ0) is 12.8. The van der Waals surface area contributed by atoms with E-state index < -0.39 is 12.2 Å². The molecule has 1 aromatic rings. The average molecular weight is 246 g/mol. The largest absolute Gasteiger partial charge is 0.390 e. The zero-order valence-electron chi connectivity index (χ0n) is 10.7. The molecule has 2 atom stereocenters. The van der Waals surface area contributed by atoms with Gasteiger partial charge in [0.2, 0.25) is 0 Å². The second kappa shape index (κ2) is 6.72. The minimum Gasteiger partial charge on any atom is -0.390 e. The number of benzene rings is 1. The van der Waals surface area contributed by atoms with E-state index in [0.29, 0.717) is 0 Å². The summed E-state index contributed by atoms with van der Waals surface area (Å²) < 4.78 is 0. The van der Waals surface area contributed by atoms with Crippen LogP contribution in [0.15, 0.2) is 36.4 Å². The molecule has 0 aliphatic heterocycles. The minimum atomic E-state index is -0.756. The van der Waals surface area contributed by atoms with Crippen LogP contribution in [0.25, 0.3) is 6.08 Å². The lowest BCUT2D eigenvalue weighted by Gasteiger charge is -2.28. The van der Waals surface area contributed by atoms with E-state index >= 15 is 0 Å². The van der Waals surface area contributed by atoms with Crippen LogP contribution in [0.3, 0.4) is 0 Å². The summed E-state index contributed by atoms with van der Waals surface area (Å²) in [6.45, 7) is 0. The van der Waals surface area contributed by atoms with Crippen molar-refractivity contribution in [3.63, 3.8) is 0 Å². The molecule has 98 valence electrons. The van der Waals surface area contributed by atoms with Gasteiger partial charge in [-0.2, -0.15) is 0 Å². The molecule has 0 radical (unpaired) electrons. The Bertz CT molecular complexity index is 366. The fraction of sp³-hybridized carbons (Fsp3) is 0.500. The molecule has 1 aromatic carbocycles. The lowest BCUT2D eigenvalue weighted by atomic mass is 9.83. The molecule has 18 heavy (non-hydrogen) atoms. The highest BCUT2D eigenvalue weighted by atomic mass is 16.3.